The molecule has 0 unspecified atom stereocenters. The van der Waals surface area contributed by atoms with E-state index in [0.717, 1.165) is 6.42 Å². The molecule has 0 fully saturated rings. The summed E-state index contributed by atoms with van der Waals surface area (Å²) < 4.78 is 4.87. The maximum atomic E-state index is 10.5. The fourth-order valence-electron chi connectivity index (χ4n) is 1.81. The summed E-state index contributed by atoms with van der Waals surface area (Å²) in [5.74, 6) is -0.157. The molecule has 3 heteroatoms. The third-order valence-electron chi connectivity index (χ3n) is 2.80. The van der Waals surface area contributed by atoms with Crippen molar-refractivity contribution in [1.29, 1.82) is 0 Å². The zero-order chi connectivity index (χ0) is 12.1. The molecule has 0 aromatic rings. The highest BCUT2D eigenvalue weighted by atomic mass is 24.3. The van der Waals surface area contributed by atoms with Gasteiger partial charge in [-0.05, 0) is 6.42 Å². The van der Waals surface area contributed by atoms with Crippen LogP contribution in [0.1, 0.15) is 78.1 Å². The van der Waals surface area contributed by atoms with Crippen molar-refractivity contribution in [3.8, 4) is 0 Å². The molecule has 0 amide bonds. The Morgan fingerprint density at radius 1 is 0.824 bits per heavy atom. The standard InChI is InChI=1S/C14H28O2.Mg.2H/c1-3-4-5-6-7-8-9-10-11-12-13-16-14(2)15;;;/h3-13H2,1-2H3;;;. The predicted molar refractivity (Wildman–Crippen MR) is 77.0 cm³/mol. The third kappa shape index (κ3) is 18.8. The van der Waals surface area contributed by atoms with Gasteiger partial charge in [-0.25, -0.2) is 0 Å². The molecule has 0 aliphatic rings. The zero-order valence-electron chi connectivity index (χ0n) is 11.1. The van der Waals surface area contributed by atoms with Crippen LogP contribution in [0.2, 0.25) is 0 Å². The molecule has 0 aromatic carbocycles. The van der Waals surface area contributed by atoms with Crippen molar-refractivity contribution in [2.75, 3.05) is 6.61 Å². The molecule has 2 nitrogen and oxygen atoms in total. The summed E-state index contributed by atoms with van der Waals surface area (Å²) >= 11 is 0. The van der Waals surface area contributed by atoms with Crippen molar-refractivity contribution < 1.29 is 9.53 Å². The summed E-state index contributed by atoms with van der Waals surface area (Å²) in [7, 11) is 0. The van der Waals surface area contributed by atoms with Crippen LogP contribution in [0.3, 0.4) is 0 Å². The molecule has 0 aliphatic carbocycles. The van der Waals surface area contributed by atoms with E-state index < -0.39 is 0 Å². The lowest BCUT2D eigenvalue weighted by molar-refractivity contribution is -0.141. The Morgan fingerprint density at radius 3 is 1.65 bits per heavy atom. The molecule has 0 rings (SSSR count). The lowest BCUT2D eigenvalue weighted by Gasteiger charge is -2.02. The molecule has 0 saturated heterocycles. The summed E-state index contributed by atoms with van der Waals surface area (Å²) in [6, 6.07) is 0. The molecular weight excluding hydrogens is 224 g/mol. The number of carbonyl (C=O) groups is 1. The van der Waals surface area contributed by atoms with E-state index in [1.807, 2.05) is 0 Å². The number of hydrogen-bond acceptors (Lipinski definition) is 2. The van der Waals surface area contributed by atoms with Gasteiger partial charge in [0.1, 0.15) is 0 Å². The molecular formula is C14H30MgO2. The van der Waals surface area contributed by atoms with Crippen LogP contribution in [0.5, 0.6) is 0 Å². The third-order valence-corrected chi connectivity index (χ3v) is 2.80. The average molecular weight is 255 g/mol. The van der Waals surface area contributed by atoms with Crippen LogP contribution in [-0.2, 0) is 9.53 Å². The van der Waals surface area contributed by atoms with Gasteiger partial charge in [-0.3, -0.25) is 4.79 Å². The van der Waals surface area contributed by atoms with E-state index in [0.29, 0.717) is 6.61 Å². The first kappa shape index (κ1) is 19.6. The topological polar surface area (TPSA) is 26.3 Å². The van der Waals surface area contributed by atoms with Gasteiger partial charge in [0.05, 0.1) is 6.61 Å². The van der Waals surface area contributed by atoms with Crippen LogP contribution >= 0.6 is 0 Å². The van der Waals surface area contributed by atoms with E-state index in [1.54, 1.807) is 0 Å². The van der Waals surface area contributed by atoms with Crippen molar-refractivity contribution in [1.82, 2.24) is 0 Å². The Kier molecular flexibility index (Phi) is 18.7. The number of ether oxygens (including phenoxy) is 1. The first-order valence-corrected chi connectivity index (χ1v) is 6.90. The van der Waals surface area contributed by atoms with Crippen molar-refractivity contribution in [2.24, 2.45) is 0 Å². The van der Waals surface area contributed by atoms with Crippen molar-refractivity contribution in [3.05, 3.63) is 0 Å². The number of unbranched alkanes of at least 4 members (excludes halogenated alkanes) is 9. The number of hydrogen-bond donors (Lipinski definition) is 0. The van der Waals surface area contributed by atoms with Gasteiger partial charge >= 0.3 is 29.0 Å². The number of rotatable bonds is 11. The van der Waals surface area contributed by atoms with Crippen LogP contribution in [0.25, 0.3) is 0 Å². The molecule has 0 bridgehead atoms. The quantitative estimate of drug-likeness (QED) is 0.320. The van der Waals surface area contributed by atoms with Gasteiger partial charge in [0.15, 0.2) is 0 Å². The fourth-order valence-corrected chi connectivity index (χ4v) is 1.81. The predicted octanol–water partition coefficient (Wildman–Crippen LogP) is 3.55. The molecule has 0 heterocycles. The molecule has 100 valence electrons. The first-order chi connectivity index (χ1) is 7.77. The second kappa shape index (κ2) is 16.2. The van der Waals surface area contributed by atoms with E-state index in [4.69, 9.17) is 4.74 Å². The van der Waals surface area contributed by atoms with Gasteiger partial charge in [0.2, 0.25) is 0 Å². The number of carbonyl (C=O) groups excluding carboxylic acids is 1. The summed E-state index contributed by atoms with van der Waals surface area (Å²) in [5.41, 5.74) is 0. The Morgan fingerprint density at radius 2 is 1.24 bits per heavy atom. The minimum Gasteiger partial charge on any atom is -0.466 e. The largest absolute Gasteiger partial charge is 0.466 e. The smallest absolute Gasteiger partial charge is 0.316 e. The van der Waals surface area contributed by atoms with Gasteiger partial charge in [-0.2, -0.15) is 0 Å². The van der Waals surface area contributed by atoms with Gasteiger partial charge < -0.3 is 4.74 Å². The second-order valence-corrected chi connectivity index (χ2v) is 4.52. The van der Waals surface area contributed by atoms with E-state index in [9.17, 15) is 4.79 Å². The lowest BCUT2D eigenvalue weighted by Crippen LogP contribution is -2.00. The van der Waals surface area contributed by atoms with E-state index >= 15 is 0 Å². The maximum Gasteiger partial charge on any atom is 0.316 e. The summed E-state index contributed by atoms with van der Waals surface area (Å²) in [5, 5.41) is 0. The van der Waals surface area contributed by atoms with Gasteiger partial charge in [-0.15, -0.1) is 0 Å². The van der Waals surface area contributed by atoms with Crippen molar-refractivity contribution in [3.63, 3.8) is 0 Å². The van der Waals surface area contributed by atoms with Crippen LogP contribution in [-0.4, -0.2) is 35.6 Å². The minimum atomic E-state index is -0.157. The molecule has 0 N–H and O–H groups in total. The SMILES string of the molecule is CCCCCCCCCCCCOC(C)=O.[MgH2]. The first-order valence-electron chi connectivity index (χ1n) is 6.90. The van der Waals surface area contributed by atoms with Crippen LogP contribution < -0.4 is 0 Å². The Hall–Kier alpha value is 0.236. The molecule has 0 saturated carbocycles. The Labute approximate surface area is 123 Å². The molecule has 0 radical (unpaired) electrons. The van der Waals surface area contributed by atoms with Crippen LogP contribution in [0.15, 0.2) is 0 Å². The summed E-state index contributed by atoms with van der Waals surface area (Å²) in [6.45, 7) is 4.32. The lowest BCUT2D eigenvalue weighted by atomic mass is 10.1. The van der Waals surface area contributed by atoms with Gasteiger partial charge in [0, 0.05) is 6.92 Å². The van der Waals surface area contributed by atoms with E-state index in [-0.39, 0.29) is 29.0 Å². The van der Waals surface area contributed by atoms with Crippen molar-refractivity contribution in [2.45, 2.75) is 78.1 Å². The van der Waals surface area contributed by atoms with E-state index in [2.05, 4.69) is 6.92 Å². The summed E-state index contributed by atoms with van der Waals surface area (Å²) in [4.78, 5) is 10.5. The average Bonchev–Trinajstić information content (AvgIpc) is 2.25. The highest BCUT2D eigenvalue weighted by Gasteiger charge is 1.94. The monoisotopic (exact) mass is 254 g/mol. The highest BCUT2D eigenvalue weighted by molar-refractivity contribution is 5.75. The molecule has 17 heavy (non-hydrogen) atoms. The maximum absolute atomic E-state index is 10.5. The summed E-state index contributed by atoms with van der Waals surface area (Å²) in [6.07, 6.45) is 13.1. The Balaban J connectivity index is 0. The molecule has 0 aromatic heterocycles. The minimum absolute atomic E-state index is 0. The molecule has 0 aliphatic heterocycles. The highest BCUT2D eigenvalue weighted by Crippen LogP contribution is 2.10. The fraction of sp³-hybridized carbons (Fsp3) is 0.929. The van der Waals surface area contributed by atoms with E-state index in [1.165, 1.54) is 64.7 Å². The molecule has 0 spiro atoms. The van der Waals surface area contributed by atoms with Crippen LogP contribution in [0.4, 0.5) is 0 Å². The number of esters is 1. The van der Waals surface area contributed by atoms with Gasteiger partial charge in [-0.1, -0.05) is 64.7 Å². The Bertz CT molecular complexity index is 160. The second-order valence-electron chi connectivity index (χ2n) is 4.52. The van der Waals surface area contributed by atoms with Crippen LogP contribution in [0, 0.1) is 0 Å². The zero-order valence-corrected chi connectivity index (χ0v) is 11.1. The van der Waals surface area contributed by atoms with Crippen molar-refractivity contribution >= 4 is 29.0 Å². The normalized spacial score (nSPS) is 9.76. The van der Waals surface area contributed by atoms with Gasteiger partial charge in [0.25, 0.3) is 0 Å². The molecule has 0 atom stereocenters.